The Hall–Kier alpha value is -2.62. The van der Waals surface area contributed by atoms with Crippen LogP contribution in [0, 0.1) is 0 Å². The maximum atomic E-state index is 12.1. The van der Waals surface area contributed by atoms with E-state index in [-0.39, 0.29) is 17.1 Å². The van der Waals surface area contributed by atoms with Crippen molar-refractivity contribution in [1.82, 2.24) is 4.98 Å². The predicted octanol–water partition coefficient (Wildman–Crippen LogP) is 2.69. The number of methoxy groups -OCH3 is 1. The van der Waals surface area contributed by atoms with E-state index in [0.717, 1.165) is 5.56 Å². The Bertz CT molecular complexity index is 606. The molecule has 1 N–H and O–H groups in total. The highest BCUT2D eigenvalue weighted by atomic mass is 16.5. The number of ketones is 1. The lowest BCUT2D eigenvalue weighted by atomic mass is 10.1. The van der Waals surface area contributed by atoms with E-state index in [2.05, 4.69) is 4.98 Å². The Balaban J connectivity index is 2.28. The van der Waals surface area contributed by atoms with Crippen LogP contribution in [0.2, 0.25) is 0 Å². The zero-order valence-electron chi connectivity index (χ0n) is 10.4. The second kappa shape index (κ2) is 5.82. The number of pyridine rings is 1. The fraction of sp³-hybridized carbons (Fsp3) is 0.0667. The molecule has 0 spiro atoms. The van der Waals surface area contributed by atoms with E-state index in [1.807, 2.05) is 6.07 Å². The van der Waals surface area contributed by atoms with Gasteiger partial charge in [0.15, 0.2) is 5.78 Å². The minimum absolute atomic E-state index is 0.0970. The topological polar surface area (TPSA) is 59.4 Å². The van der Waals surface area contributed by atoms with E-state index in [9.17, 15) is 9.90 Å². The minimum atomic E-state index is -0.321. The number of hydrogen-bond acceptors (Lipinski definition) is 4. The summed E-state index contributed by atoms with van der Waals surface area (Å²) in [4.78, 5) is 16.0. The van der Waals surface area contributed by atoms with Crippen molar-refractivity contribution >= 4 is 11.9 Å². The summed E-state index contributed by atoms with van der Waals surface area (Å²) in [6.07, 6.45) is 6.33. The first-order valence-electron chi connectivity index (χ1n) is 5.71. The Morgan fingerprint density at radius 2 is 2.16 bits per heavy atom. The Morgan fingerprint density at radius 3 is 2.84 bits per heavy atom. The third kappa shape index (κ3) is 2.98. The van der Waals surface area contributed by atoms with Crippen LogP contribution in [0.5, 0.6) is 11.5 Å². The highest BCUT2D eigenvalue weighted by molar-refractivity contribution is 6.10. The summed E-state index contributed by atoms with van der Waals surface area (Å²) in [5.41, 5.74) is 0.968. The van der Waals surface area contributed by atoms with E-state index in [1.54, 1.807) is 36.7 Å². The summed E-state index contributed by atoms with van der Waals surface area (Å²) < 4.78 is 5.07. The number of hydrogen-bond donors (Lipinski definition) is 1. The molecule has 1 aromatic carbocycles. The molecule has 0 bridgehead atoms. The molecule has 0 fully saturated rings. The van der Waals surface area contributed by atoms with E-state index >= 15 is 0 Å². The molecule has 0 radical (unpaired) electrons. The third-order valence-electron chi connectivity index (χ3n) is 2.58. The number of allylic oxidation sites excluding steroid dienone is 1. The van der Waals surface area contributed by atoms with E-state index in [4.69, 9.17) is 4.74 Å². The molecule has 4 nitrogen and oxygen atoms in total. The maximum Gasteiger partial charge on any atom is 0.193 e. The fourth-order valence-corrected chi connectivity index (χ4v) is 1.67. The lowest BCUT2D eigenvalue weighted by Crippen LogP contribution is -1.99. The normalized spacial score (nSPS) is 10.6. The molecule has 0 saturated carbocycles. The van der Waals surface area contributed by atoms with Crippen molar-refractivity contribution in [2.75, 3.05) is 7.11 Å². The Kier molecular flexibility index (Phi) is 3.93. The molecule has 0 aliphatic heterocycles. The highest BCUT2D eigenvalue weighted by Gasteiger charge is 2.14. The third-order valence-corrected chi connectivity index (χ3v) is 2.58. The van der Waals surface area contributed by atoms with E-state index < -0.39 is 0 Å². The predicted molar refractivity (Wildman–Crippen MR) is 72.3 cm³/mol. The average Bonchev–Trinajstić information content (AvgIpc) is 2.45. The van der Waals surface area contributed by atoms with Gasteiger partial charge in [0.2, 0.25) is 0 Å². The van der Waals surface area contributed by atoms with Crippen LogP contribution in [0.1, 0.15) is 15.9 Å². The fourth-order valence-electron chi connectivity index (χ4n) is 1.67. The summed E-state index contributed by atoms with van der Waals surface area (Å²) in [7, 11) is 1.45. The molecule has 2 rings (SSSR count). The molecule has 0 aliphatic rings. The van der Waals surface area contributed by atoms with E-state index in [0.29, 0.717) is 5.75 Å². The lowest BCUT2D eigenvalue weighted by molar-refractivity contribution is 0.104. The van der Waals surface area contributed by atoms with Crippen LogP contribution in [-0.2, 0) is 0 Å². The first-order chi connectivity index (χ1) is 9.22. The number of aromatic hydroxyl groups is 1. The Morgan fingerprint density at radius 1 is 1.32 bits per heavy atom. The number of carbonyl (C=O) groups is 1. The number of phenols is 1. The molecule has 0 aliphatic carbocycles. The molecule has 0 saturated heterocycles. The number of ether oxygens (including phenoxy) is 1. The molecule has 1 aromatic heterocycles. The smallest absolute Gasteiger partial charge is 0.193 e. The molecule has 1 heterocycles. The van der Waals surface area contributed by atoms with Gasteiger partial charge < -0.3 is 9.84 Å². The molecule has 0 amide bonds. The van der Waals surface area contributed by atoms with Crippen LogP contribution < -0.4 is 4.74 Å². The second-order valence-electron chi connectivity index (χ2n) is 3.84. The summed E-state index contributed by atoms with van der Waals surface area (Å²) in [5.74, 6) is -0.0696. The monoisotopic (exact) mass is 255 g/mol. The van der Waals surface area contributed by atoms with Gasteiger partial charge in [-0.05, 0) is 35.9 Å². The summed E-state index contributed by atoms with van der Waals surface area (Å²) in [6.45, 7) is 0. The largest absolute Gasteiger partial charge is 0.507 e. The number of phenolic OH excluding ortho intramolecular Hbond substituents is 1. The van der Waals surface area contributed by atoms with Gasteiger partial charge in [0.05, 0.1) is 7.11 Å². The zero-order chi connectivity index (χ0) is 13.7. The van der Waals surface area contributed by atoms with Gasteiger partial charge in [0.25, 0.3) is 0 Å². The van der Waals surface area contributed by atoms with Gasteiger partial charge in [-0.25, -0.2) is 0 Å². The molecule has 96 valence electrons. The van der Waals surface area contributed by atoms with E-state index in [1.165, 1.54) is 19.3 Å². The van der Waals surface area contributed by atoms with Gasteiger partial charge in [-0.15, -0.1) is 0 Å². The molecule has 4 heteroatoms. The molecule has 0 atom stereocenters. The van der Waals surface area contributed by atoms with Crippen molar-refractivity contribution in [3.8, 4) is 11.5 Å². The van der Waals surface area contributed by atoms with Crippen molar-refractivity contribution in [3.63, 3.8) is 0 Å². The first kappa shape index (κ1) is 12.8. The van der Waals surface area contributed by atoms with Gasteiger partial charge in [-0.3, -0.25) is 9.78 Å². The van der Waals surface area contributed by atoms with Crippen molar-refractivity contribution in [3.05, 3.63) is 59.9 Å². The van der Waals surface area contributed by atoms with Crippen LogP contribution in [0.3, 0.4) is 0 Å². The maximum absolute atomic E-state index is 12.1. The second-order valence-corrected chi connectivity index (χ2v) is 3.84. The number of benzene rings is 1. The lowest BCUT2D eigenvalue weighted by Gasteiger charge is -2.06. The van der Waals surface area contributed by atoms with Crippen LogP contribution in [-0.4, -0.2) is 23.0 Å². The molecule has 19 heavy (non-hydrogen) atoms. The molecular formula is C15H13NO3. The number of nitrogens with zero attached hydrogens (tertiary/aromatic N) is 1. The van der Waals surface area contributed by atoms with Gasteiger partial charge in [-0.2, -0.15) is 0 Å². The molecular weight excluding hydrogens is 242 g/mol. The average molecular weight is 255 g/mol. The van der Waals surface area contributed by atoms with Crippen LogP contribution in [0.15, 0.2) is 48.8 Å². The van der Waals surface area contributed by atoms with Gasteiger partial charge >= 0.3 is 0 Å². The zero-order valence-corrected chi connectivity index (χ0v) is 10.4. The highest BCUT2D eigenvalue weighted by Crippen LogP contribution is 2.28. The van der Waals surface area contributed by atoms with Crippen LogP contribution in [0.4, 0.5) is 0 Å². The van der Waals surface area contributed by atoms with Crippen LogP contribution >= 0.6 is 0 Å². The van der Waals surface area contributed by atoms with Crippen molar-refractivity contribution in [2.45, 2.75) is 0 Å². The van der Waals surface area contributed by atoms with Crippen molar-refractivity contribution in [1.29, 1.82) is 0 Å². The number of rotatable bonds is 4. The SMILES string of the molecule is COc1cccc(O)c1C(=O)/C=C/c1cccnc1. The van der Waals surface area contributed by atoms with Gasteiger partial charge in [-0.1, -0.05) is 12.1 Å². The van der Waals surface area contributed by atoms with Crippen LogP contribution in [0.25, 0.3) is 6.08 Å². The summed E-state index contributed by atoms with van der Waals surface area (Å²) in [5, 5.41) is 9.74. The first-order valence-corrected chi connectivity index (χ1v) is 5.71. The van der Waals surface area contributed by atoms with Crippen molar-refractivity contribution < 1.29 is 14.6 Å². The quantitative estimate of drug-likeness (QED) is 0.674. The van der Waals surface area contributed by atoms with Gasteiger partial charge in [0, 0.05) is 12.4 Å². The molecule has 2 aromatic rings. The van der Waals surface area contributed by atoms with Crippen molar-refractivity contribution in [2.24, 2.45) is 0 Å². The Labute approximate surface area is 111 Å². The minimum Gasteiger partial charge on any atom is -0.507 e. The standard InChI is InChI=1S/C15H13NO3/c1-19-14-6-2-5-12(17)15(14)13(18)8-7-11-4-3-9-16-10-11/h2-10,17H,1H3/b8-7+. The number of aromatic nitrogens is 1. The molecule has 0 unspecified atom stereocenters. The summed E-state index contributed by atoms with van der Waals surface area (Å²) in [6, 6.07) is 8.32. The summed E-state index contributed by atoms with van der Waals surface area (Å²) >= 11 is 0. The number of carbonyl (C=O) groups excluding carboxylic acids is 1. The van der Waals surface area contributed by atoms with Gasteiger partial charge in [0.1, 0.15) is 17.1 Å².